The Morgan fingerprint density at radius 2 is 2.08 bits per heavy atom. The fourth-order valence-corrected chi connectivity index (χ4v) is 1.84. The average molecular weight is 341 g/mol. The Balaban J connectivity index is 2.25. The number of aromatic nitrogens is 1. The normalized spacial score (nSPS) is 12.4. The topological polar surface area (TPSA) is 93.9 Å². The van der Waals surface area contributed by atoms with E-state index in [0.29, 0.717) is 18.8 Å². The molecule has 136 valence electrons. The van der Waals surface area contributed by atoms with Crippen LogP contribution >= 0.6 is 0 Å². The third kappa shape index (κ3) is 7.85. The lowest BCUT2D eigenvalue weighted by Crippen LogP contribution is -2.40. The molecule has 2 amide bonds. The van der Waals surface area contributed by atoms with E-state index in [2.05, 4.69) is 10.5 Å². The fourth-order valence-electron chi connectivity index (χ4n) is 1.84. The summed E-state index contributed by atoms with van der Waals surface area (Å²) in [7, 11) is 1.67. The quantitative estimate of drug-likeness (QED) is 0.815. The molecule has 24 heavy (non-hydrogen) atoms. The Kier molecular flexibility index (Phi) is 7.06. The van der Waals surface area contributed by atoms with Crippen molar-refractivity contribution in [1.29, 1.82) is 0 Å². The molecule has 0 aliphatic carbocycles. The largest absolute Gasteiger partial charge is 0.465 e. The van der Waals surface area contributed by atoms with E-state index in [1.54, 1.807) is 20.0 Å². The van der Waals surface area contributed by atoms with Crippen molar-refractivity contribution in [2.24, 2.45) is 5.92 Å². The predicted octanol–water partition coefficient (Wildman–Crippen LogP) is 1.98. The van der Waals surface area contributed by atoms with E-state index in [1.807, 2.05) is 27.7 Å². The third-order valence-electron chi connectivity index (χ3n) is 2.90. The van der Waals surface area contributed by atoms with Crippen LogP contribution in [0.15, 0.2) is 10.6 Å². The Hall–Kier alpha value is -2.25. The number of hydrogen-bond acceptors (Lipinski definition) is 6. The van der Waals surface area contributed by atoms with Gasteiger partial charge in [0.15, 0.2) is 6.61 Å². The van der Waals surface area contributed by atoms with Crippen LogP contribution in [-0.4, -0.2) is 54.4 Å². The van der Waals surface area contributed by atoms with E-state index >= 15 is 0 Å². The third-order valence-corrected chi connectivity index (χ3v) is 2.90. The number of carbonyl (C=O) groups is 2. The van der Waals surface area contributed by atoms with Crippen LogP contribution < -0.4 is 10.1 Å². The number of ether oxygens (including phenoxy) is 2. The van der Waals surface area contributed by atoms with Gasteiger partial charge < -0.3 is 24.2 Å². The van der Waals surface area contributed by atoms with Gasteiger partial charge in [0.05, 0.1) is 0 Å². The highest BCUT2D eigenvalue weighted by Gasteiger charge is 2.20. The highest BCUT2D eigenvalue weighted by atomic mass is 16.6. The summed E-state index contributed by atoms with van der Waals surface area (Å²) >= 11 is 0. The van der Waals surface area contributed by atoms with E-state index in [0.717, 1.165) is 0 Å². The summed E-state index contributed by atoms with van der Waals surface area (Å²) in [6.07, 6.45) is -0.384. The van der Waals surface area contributed by atoms with Gasteiger partial charge in [0.2, 0.25) is 0 Å². The highest BCUT2D eigenvalue weighted by molar-refractivity contribution is 5.77. The lowest BCUT2D eigenvalue weighted by Gasteiger charge is -2.26. The first-order valence-corrected chi connectivity index (χ1v) is 7.83. The molecular formula is C16H27N3O5. The van der Waals surface area contributed by atoms with Crippen molar-refractivity contribution in [2.75, 3.05) is 26.7 Å². The van der Waals surface area contributed by atoms with Crippen LogP contribution in [0.4, 0.5) is 4.79 Å². The second kappa shape index (κ2) is 8.56. The minimum atomic E-state index is -0.528. The van der Waals surface area contributed by atoms with Crippen molar-refractivity contribution in [1.82, 2.24) is 15.4 Å². The minimum Gasteiger partial charge on any atom is -0.465 e. The molecule has 8 nitrogen and oxygen atoms in total. The van der Waals surface area contributed by atoms with Crippen molar-refractivity contribution in [3.8, 4) is 5.88 Å². The molecule has 0 aliphatic rings. The molecule has 0 radical (unpaired) electrons. The summed E-state index contributed by atoms with van der Waals surface area (Å²) in [5.41, 5.74) is -0.528. The summed E-state index contributed by atoms with van der Waals surface area (Å²) in [6.45, 7) is 9.88. The molecule has 0 aliphatic heterocycles. The average Bonchev–Trinajstić information content (AvgIpc) is 2.86. The van der Waals surface area contributed by atoms with Crippen molar-refractivity contribution in [3.63, 3.8) is 0 Å². The zero-order valence-electron chi connectivity index (χ0n) is 15.2. The van der Waals surface area contributed by atoms with Gasteiger partial charge in [0.25, 0.3) is 11.8 Å². The number of rotatable bonds is 7. The van der Waals surface area contributed by atoms with Gasteiger partial charge >= 0.3 is 6.09 Å². The molecule has 0 spiro atoms. The Morgan fingerprint density at radius 1 is 1.42 bits per heavy atom. The van der Waals surface area contributed by atoms with E-state index in [9.17, 15) is 9.59 Å². The van der Waals surface area contributed by atoms with Crippen molar-refractivity contribution in [2.45, 2.75) is 40.2 Å². The van der Waals surface area contributed by atoms with Gasteiger partial charge in [0.1, 0.15) is 11.4 Å². The number of carbonyl (C=O) groups excluding carboxylic acids is 2. The lowest BCUT2D eigenvalue weighted by atomic mass is 10.1. The number of nitrogens with zero attached hydrogens (tertiary/aromatic N) is 2. The van der Waals surface area contributed by atoms with Crippen LogP contribution in [0.5, 0.6) is 5.88 Å². The van der Waals surface area contributed by atoms with Gasteiger partial charge in [-0.15, -0.1) is 0 Å². The molecule has 0 saturated heterocycles. The van der Waals surface area contributed by atoms with Gasteiger partial charge in [-0.1, -0.05) is 6.92 Å². The molecular weight excluding hydrogens is 314 g/mol. The van der Waals surface area contributed by atoms with E-state index in [4.69, 9.17) is 14.0 Å². The number of hydrogen-bond donors (Lipinski definition) is 1. The predicted molar refractivity (Wildman–Crippen MR) is 87.8 cm³/mol. The minimum absolute atomic E-state index is 0.0702. The molecule has 1 heterocycles. The van der Waals surface area contributed by atoms with Crippen LogP contribution in [0.1, 0.15) is 33.5 Å². The standard InChI is InChI=1S/C16H27N3O5/c1-11(9-19(6)15(21)23-16(3,4)5)8-17-13(20)10-22-14-7-12(2)24-18-14/h7,11H,8-10H2,1-6H3,(H,17,20)/t11-/m0/s1. The van der Waals surface area contributed by atoms with Crippen molar-refractivity contribution < 1.29 is 23.6 Å². The summed E-state index contributed by atoms with van der Waals surface area (Å²) in [4.78, 5) is 25.1. The molecule has 0 fully saturated rings. The van der Waals surface area contributed by atoms with E-state index < -0.39 is 5.60 Å². The zero-order valence-corrected chi connectivity index (χ0v) is 15.2. The molecule has 1 rings (SSSR count). The van der Waals surface area contributed by atoms with Gasteiger partial charge in [-0.05, 0) is 38.8 Å². The molecule has 1 atom stereocenters. The molecule has 1 aromatic heterocycles. The zero-order chi connectivity index (χ0) is 18.3. The van der Waals surface area contributed by atoms with Crippen LogP contribution in [0.3, 0.4) is 0 Å². The molecule has 0 saturated carbocycles. The maximum absolute atomic E-state index is 11.9. The van der Waals surface area contributed by atoms with Crippen LogP contribution in [0.2, 0.25) is 0 Å². The van der Waals surface area contributed by atoms with Crippen molar-refractivity contribution >= 4 is 12.0 Å². The summed E-state index contributed by atoms with van der Waals surface area (Å²) in [5.74, 6) is 0.702. The first-order valence-electron chi connectivity index (χ1n) is 7.83. The maximum Gasteiger partial charge on any atom is 0.410 e. The molecule has 0 aromatic carbocycles. The summed E-state index contributed by atoms with van der Waals surface area (Å²) in [6, 6.07) is 1.60. The number of amides is 2. The highest BCUT2D eigenvalue weighted by Crippen LogP contribution is 2.10. The summed E-state index contributed by atoms with van der Waals surface area (Å²) in [5, 5.41) is 6.39. The molecule has 1 aromatic rings. The SMILES string of the molecule is Cc1cc(OCC(=O)NC[C@H](C)CN(C)C(=O)OC(C)(C)C)no1. The number of nitrogens with one attached hydrogen (secondary N) is 1. The van der Waals surface area contributed by atoms with E-state index in [-0.39, 0.29) is 30.4 Å². The van der Waals surface area contributed by atoms with Gasteiger partial charge in [0, 0.05) is 26.2 Å². The first-order chi connectivity index (χ1) is 11.1. The van der Waals surface area contributed by atoms with E-state index in [1.165, 1.54) is 4.90 Å². The summed E-state index contributed by atoms with van der Waals surface area (Å²) < 4.78 is 15.3. The molecule has 0 unspecified atom stereocenters. The first kappa shape index (κ1) is 19.8. The fraction of sp³-hybridized carbons (Fsp3) is 0.688. The Bertz CT molecular complexity index is 550. The molecule has 8 heteroatoms. The van der Waals surface area contributed by atoms with Crippen molar-refractivity contribution in [3.05, 3.63) is 11.8 Å². The van der Waals surface area contributed by atoms with Crippen LogP contribution in [0.25, 0.3) is 0 Å². The Labute approximate surface area is 142 Å². The molecule has 1 N–H and O–H groups in total. The van der Waals surface area contributed by atoms with Gasteiger partial charge in [-0.3, -0.25) is 4.79 Å². The smallest absolute Gasteiger partial charge is 0.410 e. The second-order valence-electron chi connectivity index (χ2n) is 6.83. The van der Waals surface area contributed by atoms with Gasteiger partial charge in [-0.2, -0.15) is 0 Å². The van der Waals surface area contributed by atoms with Crippen LogP contribution in [-0.2, 0) is 9.53 Å². The maximum atomic E-state index is 11.9. The number of aryl methyl sites for hydroxylation is 1. The second-order valence-corrected chi connectivity index (χ2v) is 6.83. The van der Waals surface area contributed by atoms with Crippen LogP contribution in [0, 0.1) is 12.8 Å². The molecule has 0 bridgehead atoms. The lowest BCUT2D eigenvalue weighted by molar-refractivity contribution is -0.123. The van der Waals surface area contributed by atoms with Gasteiger partial charge in [-0.25, -0.2) is 4.79 Å². The Morgan fingerprint density at radius 3 is 2.62 bits per heavy atom. The monoisotopic (exact) mass is 341 g/mol.